The largest absolute Gasteiger partial charge is 0.482 e. The van der Waals surface area contributed by atoms with Crippen LogP contribution in [0.5, 0.6) is 5.75 Å². The first-order valence-electron chi connectivity index (χ1n) is 6.91. The van der Waals surface area contributed by atoms with Crippen molar-refractivity contribution in [2.45, 2.75) is 26.9 Å². The third-order valence-corrected chi connectivity index (χ3v) is 3.50. The number of aryl methyl sites for hydroxylation is 2. The van der Waals surface area contributed by atoms with E-state index in [-0.39, 0.29) is 11.5 Å². The first kappa shape index (κ1) is 15.7. The number of non-ortho nitro benzene ring substituents is 1. The van der Waals surface area contributed by atoms with Crippen molar-refractivity contribution < 1.29 is 14.5 Å². The number of nitro benzene ring substituents is 1. The van der Waals surface area contributed by atoms with E-state index in [2.05, 4.69) is 0 Å². The van der Waals surface area contributed by atoms with Crippen LogP contribution in [0.2, 0.25) is 0 Å². The molecule has 0 bridgehead atoms. The Labute approximate surface area is 128 Å². The molecule has 2 aromatic carbocycles. The van der Waals surface area contributed by atoms with Crippen LogP contribution in [0.25, 0.3) is 0 Å². The Bertz CT molecular complexity index is 724. The Hall–Kier alpha value is -2.69. The predicted octanol–water partition coefficient (Wildman–Crippen LogP) is 3.86. The van der Waals surface area contributed by atoms with Gasteiger partial charge in [0.05, 0.1) is 11.0 Å². The molecule has 0 aliphatic carbocycles. The van der Waals surface area contributed by atoms with Crippen LogP contribution in [-0.4, -0.2) is 16.8 Å². The Morgan fingerprint density at radius 3 is 2.50 bits per heavy atom. The van der Waals surface area contributed by atoms with Gasteiger partial charge in [-0.3, -0.25) is 14.9 Å². The molecule has 0 heterocycles. The van der Waals surface area contributed by atoms with Crippen molar-refractivity contribution in [3.8, 4) is 5.75 Å². The van der Waals surface area contributed by atoms with E-state index in [0.29, 0.717) is 11.3 Å². The van der Waals surface area contributed by atoms with Crippen molar-refractivity contribution in [1.82, 2.24) is 0 Å². The summed E-state index contributed by atoms with van der Waals surface area (Å²) in [6, 6.07) is 11.3. The van der Waals surface area contributed by atoms with E-state index < -0.39 is 11.0 Å². The quantitative estimate of drug-likeness (QED) is 0.477. The minimum atomic E-state index is -0.718. The summed E-state index contributed by atoms with van der Waals surface area (Å²) in [5, 5.41) is 10.7. The van der Waals surface area contributed by atoms with E-state index in [4.69, 9.17) is 4.74 Å². The third kappa shape index (κ3) is 3.49. The van der Waals surface area contributed by atoms with Gasteiger partial charge in [-0.05, 0) is 44.0 Å². The zero-order valence-electron chi connectivity index (χ0n) is 12.7. The van der Waals surface area contributed by atoms with Crippen molar-refractivity contribution >= 4 is 11.5 Å². The molecular weight excluding hydrogens is 282 g/mol. The second-order valence-electron chi connectivity index (χ2n) is 5.18. The molecule has 5 nitrogen and oxygen atoms in total. The average Bonchev–Trinajstić information content (AvgIpc) is 2.49. The van der Waals surface area contributed by atoms with Gasteiger partial charge in [-0.2, -0.15) is 0 Å². The maximum Gasteiger partial charge on any atom is 0.273 e. The zero-order valence-corrected chi connectivity index (χ0v) is 12.7. The molecule has 0 radical (unpaired) electrons. The van der Waals surface area contributed by atoms with Gasteiger partial charge in [-0.25, -0.2) is 0 Å². The van der Waals surface area contributed by atoms with Gasteiger partial charge >= 0.3 is 0 Å². The Morgan fingerprint density at radius 2 is 1.86 bits per heavy atom. The molecule has 0 saturated heterocycles. The van der Waals surface area contributed by atoms with E-state index in [1.165, 1.54) is 18.2 Å². The number of Topliss-reactive ketones (excluding diaryl/α,β-unsaturated/α-hetero) is 1. The summed E-state index contributed by atoms with van der Waals surface area (Å²) in [4.78, 5) is 22.6. The van der Waals surface area contributed by atoms with Crippen LogP contribution < -0.4 is 4.74 Å². The van der Waals surface area contributed by atoms with Gasteiger partial charge in [-0.15, -0.1) is 0 Å². The second kappa shape index (κ2) is 6.39. The maximum atomic E-state index is 12.4. The number of benzene rings is 2. The second-order valence-corrected chi connectivity index (χ2v) is 5.18. The standard InChI is InChI=1S/C17H17NO4/c1-11-7-8-14(9-12(11)2)17(19)13(3)22-16-6-4-5-15(10-16)18(20)21/h4-10,13H,1-3H3/t13-/m0/s1. The van der Waals surface area contributed by atoms with Crippen LogP contribution in [0.4, 0.5) is 5.69 Å². The summed E-state index contributed by atoms with van der Waals surface area (Å²) in [6.45, 7) is 5.56. The number of nitro groups is 1. The highest BCUT2D eigenvalue weighted by molar-refractivity contribution is 5.99. The number of carbonyl (C=O) groups excluding carboxylic acids is 1. The lowest BCUT2D eigenvalue weighted by Gasteiger charge is -2.14. The lowest BCUT2D eigenvalue weighted by molar-refractivity contribution is -0.384. The molecule has 22 heavy (non-hydrogen) atoms. The summed E-state index contributed by atoms with van der Waals surface area (Å²) in [5.74, 6) is 0.147. The molecule has 2 aromatic rings. The normalized spacial score (nSPS) is 11.8. The molecule has 0 spiro atoms. The average molecular weight is 299 g/mol. The van der Waals surface area contributed by atoms with Crippen molar-refractivity contribution in [2.24, 2.45) is 0 Å². The lowest BCUT2D eigenvalue weighted by Crippen LogP contribution is -2.24. The van der Waals surface area contributed by atoms with Crippen LogP contribution in [-0.2, 0) is 0 Å². The fourth-order valence-corrected chi connectivity index (χ4v) is 2.06. The third-order valence-electron chi connectivity index (χ3n) is 3.50. The number of nitrogens with zero attached hydrogens (tertiary/aromatic N) is 1. The van der Waals surface area contributed by atoms with Gasteiger partial charge in [0.2, 0.25) is 5.78 Å². The smallest absolute Gasteiger partial charge is 0.273 e. The summed E-state index contributed by atoms with van der Waals surface area (Å²) >= 11 is 0. The first-order chi connectivity index (χ1) is 10.4. The van der Waals surface area contributed by atoms with Crippen molar-refractivity contribution in [3.63, 3.8) is 0 Å². The maximum absolute atomic E-state index is 12.4. The highest BCUT2D eigenvalue weighted by Gasteiger charge is 2.18. The molecule has 0 amide bonds. The topological polar surface area (TPSA) is 69.4 Å². The number of ketones is 1. The molecule has 1 atom stereocenters. The Balaban J connectivity index is 2.16. The minimum absolute atomic E-state index is 0.0664. The van der Waals surface area contributed by atoms with Gasteiger partial charge in [0.15, 0.2) is 6.10 Å². The molecule has 114 valence electrons. The number of rotatable bonds is 5. The summed E-state index contributed by atoms with van der Waals surface area (Å²) < 4.78 is 5.54. The summed E-state index contributed by atoms with van der Waals surface area (Å²) in [7, 11) is 0. The van der Waals surface area contributed by atoms with Crippen molar-refractivity contribution in [1.29, 1.82) is 0 Å². The number of hydrogen-bond acceptors (Lipinski definition) is 4. The first-order valence-corrected chi connectivity index (χ1v) is 6.91. The molecule has 0 aliphatic rings. The fraction of sp³-hybridized carbons (Fsp3) is 0.235. The highest BCUT2D eigenvalue weighted by atomic mass is 16.6. The number of ether oxygens (including phenoxy) is 1. The minimum Gasteiger partial charge on any atom is -0.482 e. The zero-order chi connectivity index (χ0) is 16.3. The summed E-state index contributed by atoms with van der Waals surface area (Å²) in [5.41, 5.74) is 2.65. The molecular formula is C17H17NO4. The van der Waals surface area contributed by atoms with Gasteiger partial charge in [-0.1, -0.05) is 18.2 Å². The summed E-state index contributed by atoms with van der Waals surface area (Å²) in [6.07, 6.45) is -0.718. The van der Waals surface area contributed by atoms with E-state index in [0.717, 1.165) is 11.1 Å². The number of hydrogen-bond donors (Lipinski definition) is 0. The van der Waals surface area contributed by atoms with Crippen molar-refractivity contribution in [2.75, 3.05) is 0 Å². The van der Waals surface area contributed by atoms with E-state index in [1.54, 1.807) is 19.1 Å². The van der Waals surface area contributed by atoms with Gasteiger partial charge in [0.25, 0.3) is 5.69 Å². The van der Waals surface area contributed by atoms with E-state index >= 15 is 0 Å². The van der Waals surface area contributed by atoms with Crippen LogP contribution in [0.3, 0.4) is 0 Å². The van der Waals surface area contributed by atoms with Gasteiger partial charge in [0.1, 0.15) is 5.75 Å². The Morgan fingerprint density at radius 1 is 1.14 bits per heavy atom. The molecule has 0 saturated carbocycles. The molecule has 5 heteroatoms. The molecule has 0 unspecified atom stereocenters. The van der Waals surface area contributed by atoms with E-state index in [9.17, 15) is 14.9 Å². The molecule has 2 rings (SSSR count). The van der Waals surface area contributed by atoms with Crippen molar-refractivity contribution in [3.05, 3.63) is 69.3 Å². The van der Waals surface area contributed by atoms with Gasteiger partial charge < -0.3 is 4.74 Å². The predicted molar refractivity (Wildman–Crippen MR) is 83.4 cm³/mol. The SMILES string of the molecule is Cc1ccc(C(=O)[C@H](C)Oc2cccc([N+](=O)[O-])c2)cc1C. The van der Waals surface area contributed by atoms with Crippen LogP contribution >= 0.6 is 0 Å². The Kier molecular flexibility index (Phi) is 4.56. The van der Waals surface area contributed by atoms with Crippen LogP contribution in [0, 0.1) is 24.0 Å². The van der Waals surface area contributed by atoms with Crippen LogP contribution in [0.15, 0.2) is 42.5 Å². The van der Waals surface area contributed by atoms with Gasteiger partial charge in [0, 0.05) is 11.6 Å². The monoisotopic (exact) mass is 299 g/mol. The molecule has 0 aliphatic heterocycles. The fourth-order valence-electron chi connectivity index (χ4n) is 2.06. The molecule has 0 fully saturated rings. The lowest BCUT2D eigenvalue weighted by atomic mass is 10.0. The number of carbonyl (C=O) groups is 1. The van der Waals surface area contributed by atoms with Crippen LogP contribution in [0.1, 0.15) is 28.4 Å². The molecule has 0 aromatic heterocycles. The highest BCUT2D eigenvalue weighted by Crippen LogP contribution is 2.21. The molecule has 0 N–H and O–H groups in total. The van der Waals surface area contributed by atoms with E-state index in [1.807, 2.05) is 26.0 Å².